The van der Waals surface area contributed by atoms with E-state index in [1.54, 1.807) is 54.6 Å². The molecule has 12 heteroatoms. The number of anilines is 1. The monoisotopic (exact) mass is 659 g/mol. The number of aryl methyl sites for hydroxylation is 2. The van der Waals surface area contributed by atoms with Crippen LogP contribution in [0.5, 0.6) is 11.5 Å². The van der Waals surface area contributed by atoms with E-state index in [0.717, 1.165) is 21.0 Å². The summed E-state index contributed by atoms with van der Waals surface area (Å²) in [5.41, 5.74) is 5.98. The van der Waals surface area contributed by atoms with E-state index in [0.29, 0.717) is 37.8 Å². The molecule has 4 aromatic carbocycles. The Morgan fingerprint density at radius 3 is 2.28 bits per heavy atom. The van der Waals surface area contributed by atoms with Gasteiger partial charge in [0, 0.05) is 20.6 Å². The van der Waals surface area contributed by atoms with Gasteiger partial charge in [0.25, 0.3) is 15.9 Å². The van der Waals surface area contributed by atoms with Crippen molar-refractivity contribution >= 4 is 62.6 Å². The quantitative estimate of drug-likeness (QED) is 0.136. The third kappa shape index (κ3) is 8.20. The first-order valence-corrected chi connectivity index (χ1v) is 15.5. The number of ether oxygens (including phenoxy) is 2. The zero-order chi connectivity index (χ0) is 31.1. The molecule has 0 saturated heterocycles. The van der Waals surface area contributed by atoms with Crippen molar-refractivity contribution < 1.29 is 22.7 Å². The van der Waals surface area contributed by atoms with Crippen molar-refractivity contribution in [3.8, 4) is 11.5 Å². The number of benzene rings is 4. The van der Waals surface area contributed by atoms with Gasteiger partial charge in [-0.15, -0.1) is 0 Å². The number of carbonyl (C=O) groups is 1. The molecule has 0 aliphatic rings. The molecule has 1 amide bonds. The first-order chi connectivity index (χ1) is 20.5. The molecule has 0 heterocycles. The van der Waals surface area contributed by atoms with Crippen molar-refractivity contribution in [3.63, 3.8) is 0 Å². The minimum Gasteiger partial charge on any atom is -0.493 e. The van der Waals surface area contributed by atoms with Crippen molar-refractivity contribution in [1.82, 2.24) is 5.43 Å². The lowest BCUT2D eigenvalue weighted by atomic mass is 10.1. The summed E-state index contributed by atoms with van der Waals surface area (Å²) in [6.45, 7) is 3.48. The number of carbonyl (C=O) groups excluding carboxylic acids is 1. The summed E-state index contributed by atoms with van der Waals surface area (Å²) in [4.78, 5) is 12.9. The third-order valence-electron chi connectivity index (χ3n) is 6.46. The first-order valence-electron chi connectivity index (χ1n) is 12.9. The highest BCUT2D eigenvalue weighted by Crippen LogP contribution is 2.30. The fraction of sp³-hybridized carbons (Fsp3) is 0.161. The Morgan fingerprint density at radius 2 is 1.60 bits per heavy atom. The molecule has 0 unspecified atom stereocenters. The highest BCUT2D eigenvalue weighted by molar-refractivity contribution is 7.92. The normalized spacial score (nSPS) is 11.4. The molecule has 0 atom stereocenters. The van der Waals surface area contributed by atoms with Gasteiger partial charge in [-0.2, -0.15) is 5.10 Å². The Labute approximate surface area is 265 Å². The maximum Gasteiger partial charge on any atom is 0.264 e. The van der Waals surface area contributed by atoms with Crippen molar-refractivity contribution in [2.45, 2.75) is 25.3 Å². The molecule has 0 fully saturated rings. The number of hydrogen-bond donors (Lipinski definition) is 1. The van der Waals surface area contributed by atoms with E-state index in [1.807, 2.05) is 13.8 Å². The highest BCUT2D eigenvalue weighted by atomic mass is 35.5. The minimum atomic E-state index is -4.10. The van der Waals surface area contributed by atoms with E-state index in [2.05, 4.69) is 10.5 Å². The number of rotatable bonds is 11. The number of hydrogen-bond acceptors (Lipinski definition) is 6. The molecule has 8 nitrogen and oxygen atoms in total. The molecular weight excluding hydrogens is 633 g/mol. The number of sulfonamides is 1. The highest BCUT2D eigenvalue weighted by Gasteiger charge is 2.27. The lowest BCUT2D eigenvalue weighted by Gasteiger charge is -2.24. The maximum absolute atomic E-state index is 13.6. The van der Waals surface area contributed by atoms with Crippen LogP contribution in [0.25, 0.3) is 0 Å². The predicted octanol–water partition coefficient (Wildman–Crippen LogP) is 7.20. The number of amides is 1. The van der Waals surface area contributed by atoms with Crippen molar-refractivity contribution in [3.05, 3.63) is 116 Å². The molecule has 0 aliphatic heterocycles. The SMILES string of the molecule is COc1cc(/C=N\NC(=O)CN(c2ccc(C)c(C)c2)S(=O)(=O)c2ccc(Cl)cc2)ccc1OCc1ccc(Cl)cc1Cl. The summed E-state index contributed by atoms with van der Waals surface area (Å²) >= 11 is 18.1. The van der Waals surface area contributed by atoms with Gasteiger partial charge >= 0.3 is 0 Å². The molecule has 4 aromatic rings. The van der Waals surface area contributed by atoms with Crippen LogP contribution in [0.15, 0.2) is 88.9 Å². The van der Waals surface area contributed by atoms with Gasteiger partial charge < -0.3 is 9.47 Å². The van der Waals surface area contributed by atoms with Crippen LogP contribution in [-0.2, 0) is 21.4 Å². The molecule has 0 saturated carbocycles. The lowest BCUT2D eigenvalue weighted by Crippen LogP contribution is -2.39. The molecule has 224 valence electrons. The molecule has 0 aromatic heterocycles. The summed E-state index contributed by atoms with van der Waals surface area (Å²) in [5.74, 6) is 0.278. The molecule has 0 radical (unpaired) electrons. The zero-order valence-corrected chi connectivity index (χ0v) is 26.6. The largest absolute Gasteiger partial charge is 0.493 e. The van der Waals surface area contributed by atoms with Crippen LogP contribution in [0.4, 0.5) is 5.69 Å². The van der Waals surface area contributed by atoms with Gasteiger partial charge in [0.05, 0.1) is 23.9 Å². The summed E-state index contributed by atoms with van der Waals surface area (Å²) in [6, 6.07) is 21.2. The molecule has 0 aliphatic carbocycles. The maximum atomic E-state index is 13.6. The summed E-state index contributed by atoms with van der Waals surface area (Å²) in [6.07, 6.45) is 1.41. The molecule has 4 rings (SSSR count). The Bertz CT molecular complexity index is 1760. The number of halogens is 3. The van der Waals surface area contributed by atoms with Crippen molar-refractivity contribution in [2.24, 2.45) is 5.10 Å². The minimum absolute atomic E-state index is 0.000772. The van der Waals surface area contributed by atoms with Gasteiger partial charge in [-0.05, 0) is 97.3 Å². The fourth-order valence-electron chi connectivity index (χ4n) is 3.95. The van der Waals surface area contributed by atoms with E-state index in [4.69, 9.17) is 44.3 Å². The topological polar surface area (TPSA) is 97.3 Å². The van der Waals surface area contributed by atoms with Crippen LogP contribution in [-0.4, -0.2) is 34.2 Å². The number of methoxy groups -OCH3 is 1. The third-order valence-corrected chi connectivity index (χ3v) is 9.08. The second-order valence-corrected chi connectivity index (χ2v) is 12.6. The molecule has 0 bridgehead atoms. The fourth-order valence-corrected chi connectivity index (χ4v) is 5.95. The van der Waals surface area contributed by atoms with Crippen molar-refractivity contribution in [1.29, 1.82) is 0 Å². The molecule has 0 spiro atoms. The second kappa shape index (κ2) is 14.1. The van der Waals surface area contributed by atoms with E-state index in [1.165, 1.54) is 37.6 Å². The van der Waals surface area contributed by atoms with Gasteiger partial charge in [0.1, 0.15) is 13.2 Å². The van der Waals surface area contributed by atoms with Gasteiger partial charge in [-0.3, -0.25) is 9.10 Å². The number of nitrogens with zero attached hydrogens (tertiary/aromatic N) is 2. The molecule has 1 N–H and O–H groups in total. The smallest absolute Gasteiger partial charge is 0.264 e. The van der Waals surface area contributed by atoms with Crippen LogP contribution in [0.3, 0.4) is 0 Å². The van der Waals surface area contributed by atoms with Crippen LogP contribution in [0.2, 0.25) is 15.1 Å². The Morgan fingerprint density at radius 1 is 0.884 bits per heavy atom. The van der Waals surface area contributed by atoms with Gasteiger partial charge in [-0.1, -0.05) is 46.9 Å². The average molecular weight is 661 g/mol. The second-order valence-electron chi connectivity index (χ2n) is 9.46. The number of hydrazone groups is 1. The van der Waals surface area contributed by atoms with Crippen molar-refractivity contribution in [2.75, 3.05) is 18.0 Å². The summed E-state index contributed by atoms with van der Waals surface area (Å²) in [7, 11) is -2.60. The van der Waals surface area contributed by atoms with Gasteiger partial charge in [0.15, 0.2) is 11.5 Å². The lowest BCUT2D eigenvalue weighted by molar-refractivity contribution is -0.119. The van der Waals surface area contributed by atoms with E-state index >= 15 is 0 Å². The van der Waals surface area contributed by atoms with Gasteiger partial charge in [0.2, 0.25) is 0 Å². The zero-order valence-electron chi connectivity index (χ0n) is 23.5. The van der Waals surface area contributed by atoms with E-state index < -0.39 is 22.5 Å². The standard InChI is InChI=1S/C31H28Cl3N3O5S/c1-20-4-10-26(14-21(20)2)37(43(39,40)27-11-8-24(32)9-12-27)18-31(38)36-35-17-22-5-13-29(30(15-22)41-3)42-19-23-6-7-25(33)16-28(23)34/h4-17H,18-19H2,1-3H3,(H,36,38)/b35-17-. The van der Waals surface area contributed by atoms with E-state index in [9.17, 15) is 13.2 Å². The van der Waals surface area contributed by atoms with Gasteiger partial charge in [-0.25, -0.2) is 13.8 Å². The molecule has 43 heavy (non-hydrogen) atoms. The van der Waals surface area contributed by atoms with Crippen LogP contribution in [0.1, 0.15) is 22.3 Å². The van der Waals surface area contributed by atoms with Crippen LogP contribution < -0.4 is 19.2 Å². The first kappa shape index (κ1) is 32.2. The summed E-state index contributed by atoms with van der Waals surface area (Å²) in [5, 5.41) is 5.43. The summed E-state index contributed by atoms with van der Waals surface area (Å²) < 4.78 is 39.5. The average Bonchev–Trinajstić information content (AvgIpc) is 2.97. The Hall–Kier alpha value is -3.76. The Balaban J connectivity index is 1.47. The van der Waals surface area contributed by atoms with E-state index in [-0.39, 0.29) is 11.5 Å². The molecular formula is C31H28Cl3N3O5S. The van der Waals surface area contributed by atoms with Crippen LogP contribution in [0, 0.1) is 13.8 Å². The van der Waals surface area contributed by atoms with Crippen LogP contribution >= 0.6 is 34.8 Å². The Kier molecular flexibility index (Phi) is 10.6. The predicted molar refractivity (Wildman–Crippen MR) is 171 cm³/mol. The number of nitrogens with one attached hydrogen (secondary N) is 1.